The first kappa shape index (κ1) is 14.2. The summed E-state index contributed by atoms with van der Waals surface area (Å²) < 4.78 is 13.8. The highest BCUT2D eigenvalue weighted by Gasteiger charge is 2.17. The zero-order valence-corrected chi connectivity index (χ0v) is 12.9. The van der Waals surface area contributed by atoms with Gasteiger partial charge in [-0.2, -0.15) is 5.10 Å². The van der Waals surface area contributed by atoms with Gasteiger partial charge in [0.15, 0.2) is 0 Å². The summed E-state index contributed by atoms with van der Waals surface area (Å²) >= 11 is 8.81. The van der Waals surface area contributed by atoms with Gasteiger partial charge in [-0.3, -0.25) is 4.79 Å². The molecule has 0 unspecified atom stereocenters. The van der Waals surface area contributed by atoms with Crippen LogP contribution in [0.5, 0.6) is 0 Å². The van der Waals surface area contributed by atoms with Gasteiger partial charge < -0.3 is 0 Å². The van der Waals surface area contributed by atoms with Crippen molar-refractivity contribution in [2.75, 3.05) is 0 Å². The Morgan fingerprint density at radius 3 is 3.00 bits per heavy atom. The molecule has 0 aliphatic rings. The van der Waals surface area contributed by atoms with Crippen LogP contribution in [0.1, 0.15) is 14.5 Å². The van der Waals surface area contributed by atoms with Crippen LogP contribution in [0.4, 0.5) is 4.39 Å². The standard InChI is InChI=1S/C14H8ClFN2OS2/c15-12-10-4-3-8(16)6-11(10)21-13(12)14(19)18-17-7-9-2-1-5-20-9/h1-7H,(H,18,19)/b17-7-. The van der Waals surface area contributed by atoms with Crippen LogP contribution in [-0.2, 0) is 0 Å². The lowest BCUT2D eigenvalue weighted by atomic mass is 10.2. The molecule has 2 heterocycles. The lowest BCUT2D eigenvalue weighted by molar-refractivity contribution is 0.0959. The van der Waals surface area contributed by atoms with Gasteiger partial charge in [0, 0.05) is 15.0 Å². The normalized spacial score (nSPS) is 11.3. The maximum atomic E-state index is 13.2. The van der Waals surface area contributed by atoms with E-state index >= 15 is 0 Å². The van der Waals surface area contributed by atoms with Crippen LogP contribution in [0.15, 0.2) is 40.8 Å². The number of hydrogen-bond donors (Lipinski definition) is 1. The first-order valence-corrected chi connectivity index (χ1v) is 7.97. The second kappa shape index (κ2) is 5.93. The van der Waals surface area contributed by atoms with Crippen molar-refractivity contribution in [3.63, 3.8) is 0 Å². The van der Waals surface area contributed by atoms with Gasteiger partial charge in [0.1, 0.15) is 10.7 Å². The molecule has 0 saturated carbocycles. The minimum atomic E-state index is -0.408. The fourth-order valence-corrected chi connectivity index (χ4v) is 3.77. The maximum Gasteiger partial charge on any atom is 0.283 e. The third kappa shape index (κ3) is 2.97. The third-order valence-corrected chi connectivity index (χ3v) is 5.16. The molecular formula is C14H8ClFN2OS2. The fourth-order valence-electron chi connectivity index (χ4n) is 1.76. The molecule has 3 aromatic rings. The Hall–Kier alpha value is -1.76. The second-order valence-electron chi connectivity index (χ2n) is 4.10. The number of hydrogen-bond acceptors (Lipinski definition) is 4. The molecule has 21 heavy (non-hydrogen) atoms. The van der Waals surface area contributed by atoms with Crippen molar-refractivity contribution in [2.45, 2.75) is 0 Å². The molecule has 0 aliphatic heterocycles. The predicted molar refractivity (Wildman–Crippen MR) is 86.2 cm³/mol. The van der Waals surface area contributed by atoms with E-state index in [1.165, 1.54) is 23.5 Å². The van der Waals surface area contributed by atoms with Crippen molar-refractivity contribution >= 4 is 56.5 Å². The predicted octanol–water partition coefficient (Wildman–Crippen LogP) is 4.52. The first-order valence-electron chi connectivity index (χ1n) is 5.89. The van der Waals surface area contributed by atoms with E-state index in [1.807, 2.05) is 17.5 Å². The molecular weight excluding hydrogens is 331 g/mol. The number of carbonyl (C=O) groups is 1. The minimum Gasteiger partial charge on any atom is -0.266 e. The number of fused-ring (bicyclic) bond motifs is 1. The van der Waals surface area contributed by atoms with Gasteiger partial charge in [0.25, 0.3) is 5.91 Å². The molecule has 0 saturated heterocycles. The Balaban J connectivity index is 1.83. The van der Waals surface area contributed by atoms with Gasteiger partial charge in [-0.05, 0) is 29.6 Å². The Kier molecular flexibility index (Phi) is 4.01. The molecule has 0 atom stereocenters. The van der Waals surface area contributed by atoms with Crippen LogP contribution in [-0.4, -0.2) is 12.1 Å². The molecule has 1 aromatic carbocycles. The molecule has 7 heteroatoms. The number of rotatable bonds is 3. The number of thiophene rings is 2. The molecule has 2 aromatic heterocycles. The van der Waals surface area contributed by atoms with E-state index in [4.69, 9.17) is 11.6 Å². The Labute approximate surface area is 132 Å². The lowest BCUT2D eigenvalue weighted by Gasteiger charge is -1.96. The van der Waals surface area contributed by atoms with Crippen molar-refractivity contribution in [1.29, 1.82) is 0 Å². The van der Waals surface area contributed by atoms with Crippen LogP contribution in [0.2, 0.25) is 5.02 Å². The summed E-state index contributed by atoms with van der Waals surface area (Å²) in [6.45, 7) is 0. The zero-order valence-electron chi connectivity index (χ0n) is 10.5. The number of nitrogens with zero attached hydrogens (tertiary/aromatic N) is 1. The van der Waals surface area contributed by atoms with Crippen molar-refractivity contribution < 1.29 is 9.18 Å². The summed E-state index contributed by atoms with van der Waals surface area (Å²) in [5.41, 5.74) is 2.42. The smallest absolute Gasteiger partial charge is 0.266 e. The van der Waals surface area contributed by atoms with Crippen LogP contribution in [0.3, 0.4) is 0 Å². The number of carbonyl (C=O) groups excluding carboxylic acids is 1. The molecule has 0 radical (unpaired) electrons. The average molecular weight is 339 g/mol. The highest BCUT2D eigenvalue weighted by Crippen LogP contribution is 2.35. The fraction of sp³-hybridized carbons (Fsp3) is 0. The average Bonchev–Trinajstić information content (AvgIpc) is 3.07. The molecule has 3 nitrogen and oxygen atoms in total. The Bertz CT molecular complexity index is 827. The van der Waals surface area contributed by atoms with E-state index in [1.54, 1.807) is 12.3 Å². The number of hydrazone groups is 1. The summed E-state index contributed by atoms with van der Waals surface area (Å²) in [7, 11) is 0. The van der Waals surface area contributed by atoms with Crippen molar-refractivity contribution in [3.8, 4) is 0 Å². The first-order chi connectivity index (χ1) is 10.1. The SMILES string of the molecule is O=C(N/N=C\c1cccs1)c1sc2cc(F)ccc2c1Cl. The Morgan fingerprint density at radius 1 is 1.38 bits per heavy atom. The minimum absolute atomic E-state index is 0.318. The number of amides is 1. The highest BCUT2D eigenvalue weighted by molar-refractivity contribution is 7.21. The zero-order chi connectivity index (χ0) is 14.8. The van der Waals surface area contributed by atoms with Gasteiger partial charge in [-0.25, -0.2) is 9.82 Å². The topological polar surface area (TPSA) is 41.5 Å². The molecule has 0 bridgehead atoms. The van der Waals surface area contributed by atoms with Crippen molar-refractivity contribution in [1.82, 2.24) is 5.43 Å². The molecule has 0 aliphatic carbocycles. The summed E-state index contributed by atoms with van der Waals surface area (Å²) in [5, 5.41) is 6.78. The van der Waals surface area contributed by atoms with Crippen molar-refractivity contribution in [3.05, 3.63) is 56.3 Å². The van der Waals surface area contributed by atoms with E-state index in [2.05, 4.69) is 10.5 Å². The maximum absolute atomic E-state index is 13.2. The van der Waals surface area contributed by atoms with Gasteiger partial charge in [-0.15, -0.1) is 22.7 Å². The van der Waals surface area contributed by atoms with Crippen LogP contribution >= 0.6 is 34.3 Å². The summed E-state index contributed by atoms with van der Waals surface area (Å²) in [6, 6.07) is 8.02. The number of benzene rings is 1. The summed E-state index contributed by atoms with van der Waals surface area (Å²) in [5.74, 6) is -0.766. The van der Waals surface area contributed by atoms with Crippen LogP contribution < -0.4 is 5.43 Å². The van der Waals surface area contributed by atoms with E-state index in [0.29, 0.717) is 20.0 Å². The molecule has 1 amide bonds. The highest BCUT2D eigenvalue weighted by atomic mass is 35.5. The van der Waals surface area contributed by atoms with E-state index in [0.717, 1.165) is 16.2 Å². The molecule has 106 valence electrons. The van der Waals surface area contributed by atoms with E-state index < -0.39 is 5.91 Å². The Morgan fingerprint density at radius 2 is 2.24 bits per heavy atom. The number of nitrogens with one attached hydrogen (secondary N) is 1. The quantitative estimate of drug-likeness (QED) is 0.553. The van der Waals surface area contributed by atoms with Gasteiger partial charge in [0.05, 0.1) is 11.2 Å². The molecule has 1 N–H and O–H groups in total. The number of halogens is 2. The van der Waals surface area contributed by atoms with Crippen LogP contribution in [0.25, 0.3) is 10.1 Å². The summed E-state index contributed by atoms with van der Waals surface area (Å²) in [6.07, 6.45) is 1.56. The van der Waals surface area contributed by atoms with Gasteiger partial charge >= 0.3 is 0 Å². The van der Waals surface area contributed by atoms with Crippen molar-refractivity contribution in [2.24, 2.45) is 5.10 Å². The van der Waals surface area contributed by atoms with Gasteiger partial charge in [-0.1, -0.05) is 17.7 Å². The monoisotopic (exact) mass is 338 g/mol. The summed E-state index contributed by atoms with van der Waals surface area (Å²) in [4.78, 5) is 13.3. The molecule has 0 fully saturated rings. The lowest BCUT2D eigenvalue weighted by Crippen LogP contribution is -2.16. The molecule has 0 spiro atoms. The van der Waals surface area contributed by atoms with E-state index in [-0.39, 0.29) is 5.82 Å². The largest absolute Gasteiger partial charge is 0.283 e. The van der Waals surface area contributed by atoms with E-state index in [9.17, 15) is 9.18 Å². The second-order valence-corrected chi connectivity index (χ2v) is 6.51. The third-order valence-electron chi connectivity index (χ3n) is 2.70. The molecule has 3 rings (SSSR count). The van der Waals surface area contributed by atoms with Crippen LogP contribution in [0, 0.1) is 5.82 Å². The van der Waals surface area contributed by atoms with Gasteiger partial charge in [0.2, 0.25) is 0 Å².